The molecule has 0 saturated carbocycles. The fourth-order valence-corrected chi connectivity index (χ4v) is 3.02. The first kappa shape index (κ1) is 19.4. The van der Waals surface area contributed by atoms with Crippen molar-refractivity contribution in [3.05, 3.63) is 70.9 Å². The van der Waals surface area contributed by atoms with Crippen molar-refractivity contribution in [1.82, 2.24) is 9.97 Å². The van der Waals surface area contributed by atoms with Crippen LogP contribution in [0.15, 0.2) is 48.5 Å². The lowest BCUT2D eigenvalue weighted by Crippen LogP contribution is -2.06. The first-order valence-electron chi connectivity index (χ1n) is 9.16. The molecular formula is C22H24N4O2. The third-order valence-corrected chi connectivity index (χ3v) is 4.40. The summed E-state index contributed by atoms with van der Waals surface area (Å²) in [5.41, 5.74) is 5.02. The van der Waals surface area contributed by atoms with Gasteiger partial charge in [0.2, 0.25) is 5.95 Å². The van der Waals surface area contributed by atoms with Crippen LogP contribution in [0.2, 0.25) is 0 Å². The van der Waals surface area contributed by atoms with Crippen LogP contribution in [-0.2, 0) is 0 Å². The van der Waals surface area contributed by atoms with Gasteiger partial charge in [0.05, 0.1) is 5.56 Å². The minimum Gasteiger partial charge on any atom is -0.478 e. The van der Waals surface area contributed by atoms with E-state index in [1.807, 2.05) is 13.0 Å². The van der Waals surface area contributed by atoms with E-state index in [0.717, 1.165) is 16.9 Å². The Morgan fingerprint density at radius 3 is 2.46 bits per heavy atom. The van der Waals surface area contributed by atoms with Crippen LogP contribution in [0.4, 0.5) is 23.1 Å². The Bertz CT molecular complexity index is 1020. The maximum absolute atomic E-state index is 11.2. The Morgan fingerprint density at radius 1 is 1.00 bits per heavy atom. The van der Waals surface area contributed by atoms with Gasteiger partial charge in [0, 0.05) is 23.1 Å². The lowest BCUT2D eigenvalue weighted by Gasteiger charge is -2.17. The molecule has 0 saturated heterocycles. The molecule has 3 aromatic rings. The van der Waals surface area contributed by atoms with Crippen molar-refractivity contribution in [2.75, 3.05) is 10.6 Å². The number of benzene rings is 2. The molecule has 0 fully saturated rings. The second kappa shape index (κ2) is 8.08. The van der Waals surface area contributed by atoms with Crippen LogP contribution in [0, 0.1) is 13.8 Å². The second-order valence-electron chi connectivity index (χ2n) is 7.05. The van der Waals surface area contributed by atoms with Crippen LogP contribution >= 0.6 is 0 Å². The van der Waals surface area contributed by atoms with E-state index in [1.165, 1.54) is 5.56 Å². The van der Waals surface area contributed by atoms with Crippen molar-refractivity contribution in [2.45, 2.75) is 33.6 Å². The molecule has 0 unspecified atom stereocenters. The summed E-state index contributed by atoms with van der Waals surface area (Å²) >= 11 is 0. The smallest absolute Gasteiger partial charge is 0.335 e. The van der Waals surface area contributed by atoms with Gasteiger partial charge in [0.15, 0.2) is 0 Å². The molecule has 0 aliphatic carbocycles. The zero-order valence-corrected chi connectivity index (χ0v) is 16.4. The van der Waals surface area contributed by atoms with E-state index in [1.54, 1.807) is 24.3 Å². The highest BCUT2D eigenvalue weighted by atomic mass is 16.4. The number of hydrogen-bond acceptors (Lipinski definition) is 5. The number of para-hydroxylation sites is 1. The molecular weight excluding hydrogens is 352 g/mol. The molecule has 0 bridgehead atoms. The van der Waals surface area contributed by atoms with Crippen molar-refractivity contribution in [2.24, 2.45) is 0 Å². The van der Waals surface area contributed by atoms with Crippen molar-refractivity contribution in [3.8, 4) is 0 Å². The normalized spacial score (nSPS) is 10.8. The maximum atomic E-state index is 11.2. The fourth-order valence-electron chi connectivity index (χ4n) is 3.02. The number of nitrogens with one attached hydrogen (secondary N) is 2. The van der Waals surface area contributed by atoms with E-state index >= 15 is 0 Å². The standard InChI is InChI=1S/C22H24N4O2/c1-13(2)18-10-5-7-14(3)20(18)26-22-23-15(4)11-19(25-22)24-17-9-6-8-16(12-17)21(27)28/h5-13H,1-4H3,(H,27,28)(H2,23,24,25,26). The molecule has 0 spiro atoms. The van der Waals surface area contributed by atoms with Gasteiger partial charge in [0.25, 0.3) is 0 Å². The van der Waals surface area contributed by atoms with E-state index in [0.29, 0.717) is 23.4 Å². The molecule has 1 heterocycles. The molecule has 3 N–H and O–H groups in total. The fraction of sp³-hybridized carbons (Fsp3) is 0.227. The minimum absolute atomic E-state index is 0.218. The number of aromatic carboxylic acids is 1. The summed E-state index contributed by atoms with van der Waals surface area (Å²) in [5, 5.41) is 15.7. The predicted molar refractivity (Wildman–Crippen MR) is 112 cm³/mol. The number of aromatic nitrogens is 2. The van der Waals surface area contributed by atoms with Gasteiger partial charge in [-0.05, 0) is 49.1 Å². The van der Waals surface area contributed by atoms with Crippen LogP contribution in [0.3, 0.4) is 0 Å². The second-order valence-corrected chi connectivity index (χ2v) is 7.05. The number of carboxylic acid groups (broad SMARTS) is 1. The van der Waals surface area contributed by atoms with Crippen molar-refractivity contribution in [1.29, 1.82) is 0 Å². The SMILES string of the molecule is Cc1cc(Nc2cccc(C(=O)O)c2)nc(Nc2c(C)cccc2C(C)C)n1. The van der Waals surface area contributed by atoms with Crippen molar-refractivity contribution >= 4 is 29.1 Å². The molecule has 1 aromatic heterocycles. The summed E-state index contributed by atoms with van der Waals surface area (Å²) in [7, 11) is 0. The Kier molecular flexibility index (Phi) is 5.59. The maximum Gasteiger partial charge on any atom is 0.335 e. The van der Waals surface area contributed by atoms with E-state index in [9.17, 15) is 4.79 Å². The minimum atomic E-state index is -0.967. The molecule has 0 amide bonds. The number of carbonyl (C=O) groups is 1. The molecule has 0 radical (unpaired) electrons. The van der Waals surface area contributed by atoms with Gasteiger partial charge in [-0.2, -0.15) is 4.98 Å². The van der Waals surface area contributed by atoms with Gasteiger partial charge in [-0.25, -0.2) is 9.78 Å². The number of nitrogens with zero attached hydrogens (tertiary/aromatic N) is 2. The molecule has 28 heavy (non-hydrogen) atoms. The van der Waals surface area contributed by atoms with Crippen molar-refractivity contribution in [3.63, 3.8) is 0 Å². The topological polar surface area (TPSA) is 87.1 Å². The van der Waals surface area contributed by atoms with E-state index in [2.05, 4.69) is 59.6 Å². The Hall–Kier alpha value is -3.41. The zero-order valence-electron chi connectivity index (χ0n) is 16.4. The summed E-state index contributed by atoms with van der Waals surface area (Å²) in [4.78, 5) is 20.2. The largest absolute Gasteiger partial charge is 0.478 e. The average molecular weight is 376 g/mol. The van der Waals surface area contributed by atoms with Crippen molar-refractivity contribution < 1.29 is 9.90 Å². The quantitative estimate of drug-likeness (QED) is 0.534. The summed E-state index contributed by atoms with van der Waals surface area (Å²) in [5.74, 6) is 0.486. The van der Waals surface area contributed by atoms with Crippen LogP contribution in [0.1, 0.15) is 46.9 Å². The molecule has 0 aliphatic rings. The summed E-state index contributed by atoms with van der Waals surface area (Å²) in [6.45, 7) is 8.26. The highest BCUT2D eigenvalue weighted by Gasteiger charge is 2.12. The molecule has 0 aliphatic heterocycles. The Balaban J connectivity index is 1.91. The van der Waals surface area contributed by atoms with Gasteiger partial charge in [0.1, 0.15) is 5.82 Å². The van der Waals surface area contributed by atoms with E-state index in [-0.39, 0.29) is 5.56 Å². The summed E-state index contributed by atoms with van der Waals surface area (Å²) in [6, 6.07) is 14.7. The van der Waals surface area contributed by atoms with Gasteiger partial charge in [-0.15, -0.1) is 0 Å². The van der Waals surface area contributed by atoms with Crippen LogP contribution in [-0.4, -0.2) is 21.0 Å². The lowest BCUT2D eigenvalue weighted by molar-refractivity contribution is 0.0697. The molecule has 2 aromatic carbocycles. The van der Waals surface area contributed by atoms with Gasteiger partial charge in [-0.1, -0.05) is 38.1 Å². The number of rotatable bonds is 6. The zero-order chi connectivity index (χ0) is 20.3. The van der Waals surface area contributed by atoms with Crippen LogP contribution in [0.25, 0.3) is 0 Å². The number of hydrogen-bond donors (Lipinski definition) is 3. The molecule has 3 rings (SSSR count). The predicted octanol–water partition coefficient (Wildman–Crippen LogP) is 5.40. The van der Waals surface area contributed by atoms with Gasteiger partial charge < -0.3 is 15.7 Å². The highest BCUT2D eigenvalue weighted by molar-refractivity contribution is 5.89. The first-order chi connectivity index (χ1) is 13.3. The molecule has 144 valence electrons. The Morgan fingerprint density at radius 2 is 1.75 bits per heavy atom. The highest BCUT2D eigenvalue weighted by Crippen LogP contribution is 2.30. The summed E-state index contributed by atoms with van der Waals surface area (Å²) < 4.78 is 0. The number of aryl methyl sites for hydroxylation is 2. The number of anilines is 4. The monoisotopic (exact) mass is 376 g/mol. The molecule has 6 heteroatoms. The summed E-state index contributed by atoms with van der Waals surface area (Å²) in [6.07, 6.45) is 0. The third kappa shape index (κ3) is 4.46. The average Bonchev–Trinajstić information content (AvgIpc) is 2.63. The third-order valence-electron chi connectivity index (χ3n) is 4.40. The number of carboxylic acids is 1. The van der Waals surface area contributed by atoms with Crippen LogP contribution in [0.5, 0.6) is 0 Å². The lowest BCUT2D eigenvalue weighted by atomic mass is 9.98. The molecule has 0 atom stereocenters. The first-order valence-corrected chi connectivity index (χ1v) is 9.16. The van der Waals surface area contributed by atoms with E-state index < -0.39 is 5.97 Å². The Labute approximate surface area is 164 Å². The molecule has 6 nitrogen and oxygen atoms in total. The van der Waals surface area contributed by atoms with Crippen LogP contribution < -0.4 is 10.6 Å². The van der Waals surface area contributed by atoms with Gasteiger partial charge >= 0.3 is 5.97 Å². The van der Waals surface area contributed by atoms with Gasteiger partial charge in [-0.3, -0.25) is 0 Å². The van der Waals surface area contributed by atoms with E-state index in [4.69, 9.17) is 5.11 Å².